The number of fused-ring (bicyclic) bond motifs is 1. The summed E-state index contributed by atoms with van der Waals surface area (Å²) < 4.78 is 11.2. The lowest BCUT2D eigenvalue weighted by Crippen LogP contribution is -2.42. The summed E-state index contributed by atoms with van der Waals surface area (Å²) in [6.07, 6.45) is 4.40. The fourth-order valence-corrected chi connectivity index (χ4v) is 3.71. The normalized spacial score (nSPS) is 31.1. The SMILES string of the molecule is Cc1cc(CN2CC[C@H]3C[C@H](C(=O)NCC4CC4)O[C@H]3C2)no1. The Kier molecular flexibility index (Phi) is 4.11. The van der Waals surface area contributed by atoms with E-state index in [4.69, 9.17) is 9.26 Å². The van der Waals surface area contributed by atoms with Crippen LogP contribution in [-0.2, 0) is 16.1 Å². The number of rotatable bonds is 5. The van der Waals surface area contributed by atoms with E-state index in [1.165, 1.54) is 12.8 Å². The molecule has 4 rings (SSSR count). The molecule has 3 fully saturated rings. The van der Waals surface area contributed by atoms with Crippen molar-refractivity contribution in [2.24, 2.45) is 11.8 Å². The molecule has 3 aliphatic rings. The molecule has 0 aromatic carbocycles. The predicted molar refractivity (Wildman–Crippen MR) is 83.6 cm³/mol. The Labute approximate surface area is 136 Å². The first-order valence-electron chi connectivity index (χ1n) is 8.75. The van der Waals surface area contributed by atoms with Gasteiger partial charge in [-0.2, -0.15) is 0 Å². The molecule has 1 aromatic rings. The highest BCUT2D eigenvalue weighted by Gasteiger charge is 2.42. The minimum Gasteiger partial charge on any atom is -0.364 e. The van der Waals surface area contributed by atoms with Gasteiger partial charge in [0.15, 0.2) is 0 Å². The maximum absolute atomic E-state index is 12.2. The zero-order valence-corrected chi connectivity index (χ0v) is 13.7. The Morgan fingerprint density at radius 2 is 2.30 bits per heavy atom. The molecule has 1 N–H and O–H groups in total. The number of hydrogen-bond acceptors (Lipinski definition) is 5. The fourth-order valence-electron chi connectivity index (χ4n) is 3.71. The number of hydrogen-bond donors (Lipinski definition) is 1. The standard InChI is InChI=1S/C17H25N3O3/c1-11-6-14(19-23-11)9-20-5-4-13-7-15(22-16(13)10-20)17(21)18-8-12-2-3-12/h6,12-13,15-16H,2-5,7-10H2,1H3,(H,18,21)/t13-,15+,16-/m0/s1. The summed E-state index contributed by atoms with van der Waals surface area (Å²) in [5.41, 5.74) is 0.970. The number of aromatic nitrogens is 1. The third-order valence-electron chi connectivity index (χ3n) is 5.25. The van der Waals surface area contributed by atoms with E-state index in [2.05, 4.69) is 15.4 Å². The molecule has 0 bridgehead atoms. The number of nitrogens with zero attached hydrogens (tertiary/aromatic N) is 2. The van der Waals surface area contributed by atoms with Gasteiger partial charge in [0.1, 0.15) is 11.9 Å². The molecule has 1 amide bonds. The molecule has 2 aliphatic heterocycles. The fraction of sp³-hybridized carbons (Fsp3) is 0.765. The highest BCUT2D eigenvalue weighted by Crippen LogP contribution is 2.34. The summed E-state index contributed by atoms with van der Waals surface area (Å²) in [4.78, 5) is 14.6. The van der Waals surface area contributed by atoms with Crippen LogP contribution >= 0.6 is 0 Å². The minimum absolute atomic E-state index is 0.0879. The zero-order valence-electron chi connectivity index (χ0n) is 13.7. The van der Waals surface area contributed by atoms with Crippen LogP contribution in [0.25, 0.3) is 0 Å². The van der Waals surface area contributed by atoms with Crippen LogP contribution in [0.15, 0.2) is 10.6 Å². The van der Waals surface area contributed by atoms with Gasteiger partial charge in [0.05, 0.1) is 11.8 Å². The minimum atomic E-state index is -0.252. The van der Waals surface area contributed by atoms with Crippen molar-refractivity contribution in [3.8, 4) is 0 Å². The second-order valence-corrected chi connectivity index (χ2v) is 7.30. The molecule has 126 valence electrons. The summed E-state index contributed by atoms with van der Waals surface area (Å²) >= 11 is 0. The van der Waals surface area contributed by atoms with Crippen LogP contribution < -0.4 is 5.32 Å². The summed E-state index contributed by atoms with van der Waals surface area (Å²) in [6.45, 7) is 5.44. The second kappa shape index (κ2) is 6.24. The second-order valence-electron chi connectivity index (χ2n) is 7.30. The Morgan fingerprint density at radius 3 is 3.04 bits per heavy atom. The van der Waals surface area contributed by atoms with E-state index >= 15 is 0 Å². The lowest BCUT2D eigenvalue weighted by atomic mass is 9.91. The molecule has 1 aliphatic carbocycles. The molecule has 23 heavy (non-hydrogen) atoms. The average Bonchev–Trinajstić information content (AvgIpc) is 3.13. The van der Waals surface area contributed by atoms with Gasteiger partial charge < -0.3 is 14.6 Å². The lowest BCUT2D eigenvalue weighted by Gasteiger charge is -2.33. The molecule has 6 heteroatoms. The Bertz CT molecular complexity index is 569. The molecule has 6 nitrogen and oxygen atoms in total. The number of nitrogens with one attached hydrogen (secondary N) is 1. The molecule has 3 atom stereocenters. The van der Waals surface area contributed by atoms with Gasteiger partial charge >= 0.3 is 0 Å². The number of piperidine rings is 1. The Balaban J connectivity index is 1.28. The van der Waals surface area contributed by atoms with E-state index in [0.717, 1.165) is 50.5 Å². The van der Waals surface area contributed by atoms with E-state index in [-0.39, 0.29) is 18.1 Å². The van der Waals surface area contributed by atoms with Crippen LogP contribution in [0, 0.1) is 18.8 Å². The molecule has 3 heterocycles. The monoisotopic (exact) mass is 319 g/mol. The summed E-state index contributed by atoms with van der Waals surface area (Å²) in [5, 5.41) is 7.11. The van der Waals surface area contributed by atoms with Crippen LogP contribution in [0.2, 0.25) is 0 Å². The number of carbonyl (C=O) groups excluding carboxylic acids is 1. The van der Waals surface area contributed by atoms with Crippen LogP contribution in [0.3, 0.4) is 0 Å². The number of ether oxygens (including phenoxy) is 1. The quantitative estimate of drug-likeness (QED) is 0.890. The van der Waals surface area contributed by atoms with Crippen molar-refractivity contribution >= 4 is 5.91 Å². The van der Waals surface area contributed by atoms with E-state index in [0.29, 0.717) is 11.8 Å². The largest absolute Gasteiger partial charge is 0.364 e. The van der Waals surface area contributed by atoms with Crippen LogP contribution in [0.4, 0.5) is 0 Å². The summed E-state index contributed by atoms with van der Waals surface area (Å²) in [5.74, 6) is 2.16. The van der Waals surface area contributed by atoms with Gasteiger partial charge in [-0.3, -0.25) is 9.69 Å². The molecule has 0 radical (unpaired) electrons. The third-order valence-corrected chi connectivity index (χ3v) is 5.25. The lowest BCUT2D eigenvalue weighted by molar-refractivity contribution is -0.132. The predicted octanol–water partition coefficient (Wildman–Crippen LogP) is 1.49. The number of likely N-dealkylation sites (tertiary alicyclic amines) is 1. The molecule has 1 aromatic heterocycles. The van der Waals surface area contributed by atoms with Crippen molar-refractivity contribution in [3.63, 3.8) is 0 Å². The van der Waals surface area contributed by atoms with Crippen LogP contribution in [-0.4, -0.2) is 47.8 Å². The summed E-state index contributed by atoms with van der Waals surface area (Å²) in [7, 11) is 0. The first kappa shape index (κ1) is 15.1. The number of aryl methyl sites for hydroxylation is 1. The molecule has 0 spiro atoms. The highest BCUT2D eigenvalue weighted by molar-refractivity contribution is 5.81. The molecular formula is C17H25N3O3. The van der Waals surface area contributed by atoms with E-state index in [1.54, 1.807) is 0 Å². The van der Waals surface area contributed by atoms with Gasteiger partial charge in [-0.25, -0.2) is 0 Å². The maximum Gasteiger partial charge on any atom is 0.249 e. The molecule has 0 unspecified atom stereocenters. The average molecular weight is 319 g/mol. The van der Waals surface area contributed by atoms with Crippen molar-refractivity contribution in [1.82, 2.24) is 15.4 Å². The Hall–Kier alpha value is -1.40. The van der Waals surface area contributed by atoms with Gasteiger partial charge in [0, 0.05) is 25.7 Å². The van der Waals surface area contributed by atoms with Crippen molar-refractivity contribution in [2.45, 2.75) is 51.4 Å². The van der Waals surface area contributed by atoms with E-state index in [9.17, 15) is 4.79 Å². The molecule has 2 saturated heterocycles. The Morgan fingerprint density at radius 1 is 1.43 bits per heavy atom. The van der Waals surface area contributed by atoms with E-state index < -0.39 is 0 Å². The molecule has 1 saturated carbocycles. The van der Waals surface area contributed by atoms with Crippen molar-refractivity contribution in [1.29, 1.82) is 0 Å². The van der Waals surface area contributed by atoms with Crippen LogP contribution in [0.5, 0.6) is 0 Å². The summed E-state index contributed by atoms with van der Waals surface area (Å²) in [6, 6.07) is 1.98. The maximum atomic E-state index is 12.2. The first-order chi connectivity index (χ1) is 11.2. The van der Waals surface area contributed by atoms with Crippen LogP contribution in [0.1, 0.15) is 37.1 Å². The topological polar surface area (TPSA) is 67.6 Å². The zero-order chi connectivity index (χ0) is 15.8. The first-order valence-corrected chi connectivity index (χ1v) is 8.75. The third kappa shape index (κ3) is 3.58. The van der Waals surface area contributed by atoms with Gasteiger partial charge in [0.25, 0.3) is 0 Å². The highest BCUT2D eigenvalue weighted by atomic mass is 16.5. The smallest absolute Gasteiger partial charge is 0.249 e. The van der Waals surface area contributed by atoms with Gasteiger partial charge in [-0.15, -0.1) is 0 Å². The number of carbonyl (C=O) groups is 1. The van der Waals surface area contributed by atoms with Crippen molar-refractivity contribution in [2.75, 3.05) is 19.6 Å². The van der Waals surface area contributed by atoms with Gasteiger partial charge in [-0.1, -0.05) is 5.16 Å². The van der Waals surface area contributed by atoms with Gasteiger partial charge in [0.2, 0.25) is 5.91 Å². The van der Waals surface area contributed by atoms with E-state index in [1.807, 2.05) is 13.0 Å². The van der Waals surface area contributed by atoms with Crippen molar-refractivity contribution < 1.29 is 14.1 Å². The van der Waals surface area contributed by atoms with Crippen molar-refractivity contribution in [3.05, 3.63) is 17.5 Å². The van der Waals surface area contributed by atoms with Gasteiger partial charge in [-0.05, 0) is 51.0 Å². The number of amides is 1. The molecular weight excluding hydrogens is 294 g/mol.